The maximum atomic E-state index is 12.1. The third-order valence-electron chi connectivity index (χ3n) is 2.74. The van der Waals surface area contributed by atoms with Gasteiger partial charge >= 0.3 is 0 Å². The number of hydrogen-bond donors (Lipinski definition) is 0. The predicted molar refractivity (Wildman–Crippen MR) is 63.0 cm³/mol. The molecule has 1 rings (SSSR count). The third kappa shape index (κ3) is 2.60. The van der Waals surface area contributed by atoms with Crippen molar-refractivity contribution in [2.45, 2.75) is 26.3 Å². The summed E-state index contributed by atoms with van der Waals surface area (Å²) in [6.07, 6.45) is 0.355. The quantitative estimate of drug-likeness (QED) is 0.778. The normalized spacial score (nSPS) is 11.6. The molecule has 1 amide bonds. The first-order valence-electron chi connectivity index (χ1n) is 5.27. The Labute approximate surface area is 96.3 Å². The highest BCUT2D eigenvalue weighted by Crippen LogP contribution is 2.12. The van der Waals surface area contributed by atoms with Crippen LogP contribution in [0.3, 0.4) is 0 Å². The van der Waals surface area contributed by atoms with Crippen molar-refractivity contribution in [3.8, 4) is 6.07 Å². The van der Waals surface area contributed by atoms with Crippen LogP contribution in [-0.4, -0.2) is 23.9 Å². The molecule has 0 fully saturated rings. The van der Waals surface area contributed by atoms with Gasteiger partial charge in [0.05, 0.1) is 12.5 Å². The Kier molecular flexibility index (Phi) is 4.07. The summed E-state index contributed by atoms with van der Waals surface area (Å²) >= 11 is 0. The number of aryl methyl sites for hydroxylation is 1. The molecule has 0 aromatic heterocycles. The third-order valence-corrected chi connectivity index (χ3v) is 2.74. The van der Waals surface area contributed by atoms with Crippen molar-refractivity contribution in [1.82, 2.24) is 4.90 Å². The monoisotopic (exact) mass is 216 g/mol. The van der Waals surface area contributed by atoms with E-state index in [4.69, 9.17) is 5.26 Å². The predicted octanol–water partition coefficient (Wildman–Crippen LogP) is 2.37. The topological polar surface area (TPSA) is 44.1 Å². The summed E-state index contributed by atoms with van der Waals surface area (Å²) in [5, 5.41) is 8.60. The minimum Gasteiger partial charge on any atom is -0.338 e. The molecule has 0 aliphatic rings. The molecule has 0 N–H and O–H groups in total. The fraction of sp³-hybridized carbons (Fsp3) is 0.385. The van der Waals surface area contributed by atoms with Crippen molar-refractivity contribution >= 4 is 5.91 Å². The fourth-order valence-electron chi connectivity index (χ4n) is 1.47. The highest BCUT2D eigenvalue weighted by Gasteiger charge is 2.18. The Hall–Kier alpha value is -1.82. The number of carbonyl (C=O) groups is 1. The van der Waals surface area contributed by atoms with Crippen LogP contribution >= 0.6 is 0 Å². The largest absolute Gasteiger partial charge is 0.338 e. The van der Waals surface area contributed by atoms with Crippen LogP contribution in [0.2, 0.25) is 0 Å². The first-order valence-corrected chi connectivity index (χ1v) is 5.27. The van der Waals surface area contributed by atoms with Gasteiger partial charge in [0.15, 0.2) is 0 Å². The van der Waals surface area contributed by atoms with Crippen LogP contribution in [0, 0.1) is 18.3 Å². The van der Waals surface area contributed by atoms with E-state index in [2.05, 4.69) is 6.07 Å². The molecule has 3 nitrogen and oxygen atoms in total. The molecule has 1 aromatic carbocycles. The van der Waals surface area contributed by atoms with Crippen molar-refractivity contribution < 1.29 is 4.79 Å². The van der Waals surface area contributed by atoms with E-state index in [1.165, 1.54) is 0 Å². The Morgan fingerprint density at radius 1 is 1.50 bits per heavy atom. The zero-order valence-corrected chi connectivity index (χ0v) is 9.90. The highest BCUT2D eigenvalue weighted by atomic mass is 16.2. The lowest BCUT2D eigenvalue weighted by molar-refractivity contribution is 0.0745. The molecule has 0 aliphatic heterocycles. The molecule has 0 aliphatic carbocycles. The summed E-state index contributed by atoms with van der Waals surface area (Å²) in [7, 11) is 1.73. The molecule has 16 heavy (non-hydrogen) atoms. The van der Waals surface area contributed by atoms with E-state index in [9.17, 15) is 4.79 Å². The van der Waals surface area contributed by atoms with Gasteiger partial charge in [-0.2, -0.15) is 5.26 Å². The number of benzene rings is 1. The second-order valence-corrected chi connectivity index (χ2v) is 3.94. The van der Waals surface area contributed by atoms with E-state index >= 15 is 0 Å². The lowest BCUT2D eigenvalue weighted by Gasteiger charge is -2.23. The van der Waals surface area contributed by atoms with Gasteiger partial charge in [0, 0.05) is 18.7 Å². The second-order valence-electron chi connectivity index (χ2n) is 3.94. The molecular formula is C13H16N2O. The van der Waals surface area contributed by atoms with Gasteiger partial charge in [-0.3, -0.25) is 4.79 Å². The minimum atomic E-state index is -0.0582. The molecule has 0 saturated carbocycles. The molecule has 1 unspecified atom stereocenters. The Morgan fingerprint density at radius 2 is 2.12 bits per heavy atom. The SMILES string of the molecule is Cc1ccccc1C(=O)N(C)C(C)CC#N. The van der Waals surface area contributed by atoms with Crippen molar-refractivity contribution in [2.75, 3.05) is 7.05 Å². The summed E-state index contributed by atoms with van der Waals surface area (Å²) in [6.45, 7) is 3.79. The fourth-order valence-corrected chi connectivity index (χ4v) is 1.47. The smallest absolute Gasteiger partial charge is 0.254 e. The van der Waals surface area contributed by atoms with Crippen molar-refractivity contribution in [1.29, 1.82) is 5.26 Å². The van der Waals surface area contributed by atoms with Gasteiger partial charge in [-0.25, -0.2) is 0 Å². The Bertz CT molecular complexity index is 420. The number of hydrogen-bond acceptors (Lipinski definition) is 2. The molecule has 3 heteroatoms. The van der Waals surface area contributed by atoms with E-state index < -0.39 is 0 Å². The van der Waals surface area contributed by atoms with Crippen LogP contribution in [0.25, 0.3) is 0 Å². The summed E-state index contributed by atoms with van der Waals surface area (Å²) in [4.78, 5) is 13.7. The highest BCUT2D eigenvalue weighted by molar-refractivity contribution is 5.95. The number of nitrogens with zero attached hydrogens (tertiary/aromatic N) is 2. The van der Waals surface area contributed by atoms with Gasteiger partial charge < -0.3 is 4.90 Å². The molecule has 0 saturated heterocycles. The molecular weight excluding hydrogens is 200 g/mol. The number of amides is 1. The summed E-state index contributed by atoms with van der Waals surface area (Å²) in [5.41, 5.74) is 1.67. The van der Waals surface area contributed by atoms with Gasteiger partial charge in [0.2, 0.25) is 0 Å². The van der Waals surface area contributed by atoms with Gasteiger partial charge in [0.25, 0.3) is 5.91 Å². The van der Waals surface area contributed by atoms with Gasteiger partial charge in [0.1, 0.15) is 0 Å². The molecule has 1 atom stereocenters. The summed E-state index contributed by atoms with van der Waals surface area (Å²) in [6, 6.07) is 9.50. The van der Waals surface area contributed by atoms with Gasteiger partial charge in [-0.05, 0) is 25.5 Å². The van der Waals surface area contributed by atoms with Gasteiger partial charge in [-0.1, -0.05) is 18.2 Å². The number of rotatable bonds is 3. The van der Waals surface area contributed by atoms with Crippen LogP contribution in [-0.2, 0) is 0 Å². The Balaban J connectivity index is 2.87. The number of carbonyl (C=O) groups excluding carboxylic acids is 1. The average Bonchev–Trinajstić information content (AvgIpc) is 2.28. The molecule has 1 aromatic rings. The number of nitriles is 1. The average molecular weight is 216 g/mol. The first-order chi connectivity index (χ1) is 7.57. The lowest BCUT2D eigenvalue weighted by Crippen LogP contribution is -2.35. The van der Waals surface area contributed by atoms with E-state index in [0.29, 0.717) is 12.0 Å². The van der Waals surface area contributed by atoms with Crippen LogP contribution in [0.1, 0.15) is 29.3 Å². The van der Waals surface area contributed by atoms with Crippen LogP contribution in [0.5, 0.6) is 0 Å². The van der Waals surface area contributed by atoms with Crippen molar-refractivity contribution in [3.05, 3.63) is 35.4 Å². The minimum absolute atomic E-state index is 0.0270. The molecule has 0 bridgehead atoms. The molecule has 0 heterocycles. The molecule has 0 spiro atoms. The van der Waals surface area contributed by atoms with Crippen LogP contribution in [0.4, 0.5) is 0 Å². The molecule has 84 valence electrons. The zero-order chi connectivity index (χ0) is 12.1. The van der Waals surface area contributed by atoms with E-state index in [-0.39, 0.29) is 11.9 Å². The van der Waals surface area contributed by atoms with Crippen LogP contribution in [0.15, 0.2) is 24.3 Å². The standard InChI is InChI=1S/C13H16N2O/c1-10-6-4-5-7-12(10)13(16)15(3)11(2)8-9-14/h4-7,11H,8H2,1-3H3. The van der Waals surface area contributed by atoms with Crippen LogP contribution < -0.4 is 0 Å². The molecule has 0 radical (unpaired) electrons. The van der Waals surface area contributed by atoms with Gasteiger partial charge in [-0.15, -0.1) is 0 Å². The van der Waals surface area contributed by atoms with E-state index in [1.807, 2.05) is 38.1 Å². The maximum absolute atomic E-state index is 12.1. The zero-order valence-electron chi connectivity index (χ0n) is 9.90. The van der Waals surface area contributed by atoms with Crippen molar-refractivity contribution in [3.63, 3.8) is 0 Å². The van der Waals surface area contributed by atoms with Crippen molar-refractivity contribution in [2.24, 2.45) is 0 Å². The Morgan fingerprint density at radius 3 is 2.69 bits per heavy atom. The lowest BCUT2D eigenvalue weighted by atomic mass is 10.1. The van der Waals surface area contributed by atoms with E-state index in [0.717, 1.165) is 5.56 Å². The second kappa shape index (κ2) is 5.32. The van der Waals surface area contributed by atoms with E-state index in [1.54, 1.807) is 11.9 Å². The summed E-state index contributed by atoms with van der Waals surface area (Å²) < 4.78 is 0. The maximum Gasteiger partial charge on any atom is 0.254 e. The summed E-state index contributed by atoms with van der Waals surface area (Å²) in [5.74, 6) is -0.0270. The first kappa shape index (κ1) is 12.3.